The van der Waals surface area contributed by atoms with Crippen molar-refractivity contribution in [3.05, 3.63) is 35.0 Å². The minimum atomic E-state index is 0.122. The van der Waals surface area contributed by atoms with Gasteiger partial charge in [-0.2, -0.15) is 5.10 Å². The summed E-state index contributed by atoms with van der Waals surface area (Å²) in [7, 11) is 0. The number of fused-ring (bicyclic) bond motifs is 1. The molecule has 6 heteroatoms. The number of aliphatic hydroxyl groups is 1. The summed E-state index contributed by atoms with van der Waals surface area (Å²) in [4.78, 5) is 8.76. The first-order chi connectivity index (χ1) is 10.2. The van der Waals surface area contributed by atoms with E-state index in [0.29, 0.717) is 6.54 Å². The molecule has 2 aromatic heterocycles. The number of aromatic nitrogens is 4. The van der Waals surface area contributed by atoms with Gasteiger partial charge in [0.1, 0.15) is 11.6 Å². The predicted octanol–water partition coefficient (Wildman–Crippen LogP) is 1.77. The Morgan fingerprint density at radius 1 is 1.38 bits per heavy atom. The molecule has 0 bridgehead atoms. The van der Waals surface area contributed by atoms with Gasteiger partial charge < -0.3 is 10.4 Å². The maximum atomic E-state index is 9.11. The maximum Gasteiger partial charge on any atom is 0.130 e. The molecule has 2 heterocycles. The molecule has 3 rings (SSSR count). The number of anilines is 1. The summed E-state index contributed by atoms with van der Waals surface area (Å²) in [6, 6.07) is 2.20. The Morgan fingerprint density at radius 3 is 3.00 bits per heavy atom. The number of aryl methyl sites for hydroxylation is 2. The van der Waals surface area contributed by atoms with Crippen molar-refractivity contribution in [3.63, 3.8) is 0 Å². The fraction of sp³-hybridized carbons (Fsp3) is 0.533. The van der Waals surface area contributed by atoms with E-state index in [4.69, 9.17) is 5.11 Å². The van der Waals surface area contributed by atoms with E-state index in [-0.39, 0.29) is 12.6 Å². The van der Waals surface area contributed by atoms with E-state index in [2.05, 4.69) is 20.4 Å². The second-order valence-corrected chi connectivity index (χ2v) is 5.52. The average Bonchev–Trinajstić information content (AvgIpc) is 2.83. The molecule has 0 unspecified atom stereocenters. The first-order valence-electron chi connectivity index (χ1n) is 7.41. The van der Waals surface area contributed by atoms with E-state index in [1.807, 2.05) is 30.8 Å². The lowest BCUT2D eigenvalue weighted by Crippen LogP contribution is -2.19. The zero-order valence-electron chi connectivity index (χ0n) is 12.5. The van der Waals surface area contributed by atoms with Gasteiger partial charge in [-0.3, -0.25) is 4.68 Å². The highest BCUT2D eigenvalue weighted by Crippen LogP contribution is 2.32. The monoisotopic (exact) mass is 287 g/mol. The highest BCUT2D eigenvalue weighted by molar-refractivity contribution is 5.41. The fourth-order valence-electron chi connectivity index (χ4n) is 3.03. The van der Waals surface area contributed by atoms with Crippen LogP contribution >= 0.6 is 0 Å². The second kappa shape index (κ2) is 5.81. The molecule has 1 atom stereocenters. The van der Waals surface area contributed by atoms with Crippen molar-refractivity contribution < 1.29 is 5.11 Å². The quantitative estimate of drug-likeness (QED) is 0.896. The predicted molar refractivity (Wildman–Crippen MR) is 80.1 cm³/mol. The number of hydrogen-bond acceptors (Lipinski definition) is 5. The zero-order chi connectivity index (χ0) is 14.8. The molecule has 0 saturated heterocycles. The van der Waals surface area contributed by atoms with Crippen molar-refractivity contribution in [1.29, 1.82) is 0 Å². The van der Waals surface area contributed by atoms with Crippen LogP contribution in [0.1, 0.15) is 41.7 Å². The molecular formula is C15H21N5O. The first-order valence-corrected chi connectivity index (χ1v) is 7.41. The van der Waals surface area contributed by atoms with Gasteiger partial charge in [-0.25, -0.2) is 9.97 Å². The summed E-state index contributed by atoms with van der Waals surface area (Å²) >= 11 is 0. The molecule has 21 heavy (non-hydrogen) atoms. The summed E-state index contributed by atoms with van der Waals surface area (Å²) < 4.78 is 1.92. The highest BCUT2D eigenvalue weighted by Gasteiger charge is 2.24. The molecule has 0 amide bonds. The van der Waals surface area contributed by atoms with E-state index in [1.54, 1.807) is 0 Å². The van der Waals surface area contributed by atoms with E-state index in [9.17, 15) is 0 Å². The lowest BCUT2D eigenvalue weighted by Gasteiger charge is -2.24. The van der Waals surface area contributed by atoms with Gasteiger partial charge in [0, 0.05) is 23.0 Å². The Labute approximate surface area is 124 Å². The third-order valence-electron chi connectivity index (χ3n) is 3.86. The summed E-state index contributed by atoms with van der Waals surface area (Å²) in [6.07, 6.45) is 5.13. The molecule has 0 radical (unpaired) electrons. The van der Waals surface area contributed by atoms with Crippen LogP contribution in [-0.2, 0) is 13.0 Å². The maximum absolute atomic E-state index is 9.11. The van der Waals surface area contributed by atoms with Crippen LogP contribution in [0.4, 0.5) is 5.82 Å². The first kappa shape index (κ1) is 14.0. The topological polar surface area (TPSA) is 75.9 Å². The van der Waals surface area contributed by atoms with Crippen molar-refractivity contribution in [2.75, 3.05) is 11.9 Å². The van der Waals surface area contributed by atoms with Crippen molar-refractivity contribution in [3.8, 4) is 0 Å². The molecule has 112 valence electrons. The van der Waals surface area contributed by atoms with Gasteiger partial charge in [0.15, 0.2) is 0 Å². The van der Waals surface area contributed by atoms with Crippen LogP contribution in [0.15, 0.2) is 12.3 Å². The number of hydrogen-bond donors (Lipinski definition) is 2. The largest absolute Gasteiger partial charge is 0.394 e. The van der Waals surface area contributed by atoms with Crippen LogP contribution in [0.25, 0.3) is 0 Å². The summed E-state index contributed by atoms with van der Waals surface area (Å²) in [6.45, 7) is 4.57. The summed E-state index contributed by atoms with van der Waals surface area (Å²) in [5.74, 6) is 1.65. The van der Waals surface area contributed by atoms with Crippen LogP contribution in [-0.4, -0.2) is 31.5 Å². The van der Waals surface area contributed by atoms with Crippen LogP contribution < -0.4 is 5.32 Å². The smallest absolute Gasteiger partial charge is 0.130 e. The third-order valence-corrected chi connectivity index (χ3v) is 3.86. The molecule has 2 N–H and O–H groups in total. The van der Waals surface area contributed by atoms with E-state index in [1.165, 1.54) is 11.3 Å². The normalized spacial score (nSPS) is 17.6. The van der Waals surface area contributed by atoms with Crippen molar-refractivity contribution in [2.45, 2.75) is 45.7 Å². The van der Waals surface area contributed by atoms with E-state index in [0.717, 1.165) is 36.6 Å². The lowest BCUT2D eigenvalue weighted by atomic mass is 9.93. The Hall–Kier alpha value is -1.95. The van der Waals surface area contributed by atoms with Gasteiger partial charge in [0.25, 0.3) is 0 Å². The minimum Gasteiger partial charge on any atom is -0.394 e. The second-order valence-electron chi connectivity index (χ2n) is 5.52. The van der Waals surface area contributed by atoms with Gasteiger partial charge in [-0.1, -0.05) is 0 Å². The SMILES string of the molecule is Cc1cc(N[C@H]2CCCc3c2cnn3CCO)nc(C)n1. The molecule has 2 aromatic rings. The summed E-state index contributed by atoms with van der Waals surface area (Å²) in [5.41, 5.74) is 3.43. The van der Waals surface area contributed by atoms with E-state index >= 15 is 0 Å². The van der Waals surface area contributed by atoms with E-state index < -0.39 is 0 Å². The molecule has 6 nitrogen and oxygen atoms in total. The standard InChI is InChI=1S/C15H21N5O/c1-10-8-15(18-11(2)17-10)19-13-4-3-5-14-12(13)9-16-20(14)6-7-21/h8-9,13,21H,3-7H2,1-2H3,(H,17,18,19)/t13-/m0/s1. The highest BCUT2D eigenvalue weighted by atomic mass is 16.3. The molecule has 0 aliphatic heterocycles. The van der Waals surface area contributed by atoms with Crippen LogP contribution in [0, 0.1) is 13.8 Å². The van der Waals surface area contributed by atoms with Gasteiger partial charge in [0.2, 0.25) is 0 Å². The van der Waals surface area contributed by atoms with Gasteiger partial charge >= 0.3 is 0 Å². The van der Waals surface area contributed by atoms with Gasteiger partial charge in [-0.05, 0) is 33.1 Å². The number of aliphatic hydroxyl groups excluding tert-OH is 1. The average molecular weight is 287 g/mol. The Balaban J connectivity index is 1.85. The van der Waals surface area contributed by atoms with Crippen LogP contribution in [0.5, 0.6) is 0 Å². The van der Waals surface area contributed by atoms with Crippen molar-refractivity contribution >= 4 is 5.82 Å². The van der Waals surface area contributed by atoms with Crippen molar-refractivity contribution in [1.82, 2.24) is 19.7 Å². The van der Waals surface area contributed by atoms with Crippen molar-refractivity contribution in [2.24, 2.45) is 0 Å². The minimum absolute atomic E-state index is 0.122. The van der Waals surface area contributed by atoms with Gasteiger partial charge in [0.05, 0.1) is 25.4 Å². The molecule has 1 aliphatic rings. The Morgan fingerprint density at radius 2 is 2.24 bits per heavy atom. The molecular weight excluding hydrogens is 266 g/mol. The van der Waals surface area contributed by atoms with Crippen LogP contribution in [0.2, 0.25) is 0 Å². The molecule has 0 fully saturated rings. The lowest BCUT2D eigenvalue weighted by molar-refractivity contribution is 0.266. The number of nitrogens with one attached hydrogen (secondary N) is 1. The Kier molecular flexibility index (Phi) is 3.88. The molecule has 0 saturated carbocycles. The fourth-order valence-corrected chi connectivity index (χ4v) is 3.03. The zero-order valence-corrected chi connectivity index (χ0v) is 12.5. The molecule has 1 aliphatic carbocycles. The molecule has 0 aromatic carbocycles. The third kappa shape index (κ3) is 2.90. The van der Waals surface area contributed by atoms with Crippen LogP contribution in [0.3, 0.4) is 0 Å². The molecule has 0 spiro atoms. The number of nitrogens with zero attached hydrogens (tertiary/aromatic N) is 4. The van der Waals surface area contributed by atoms with Gasteiger partial charge in [-0.15, -0.1) is 0 Å². The number of rotatable bonds is 4. The Bertz CT molecular complexity index is 617. The summed E-state index contributed by atoms with van der Waals surface area (Å²) in [5, 5.41) is 17.0.